The highest BCUT2D eigenvalue weighted by Gasteiger charge is 2.43. The first-order valence-electron chi connectivity index (χ1n) is 6.67. The van der Waals surface area contributed by atoms with Crippen molar-refractivity contribution in [1.29, 1.82) is 0 Å². The molecule has 132 valence electrons. The number of benzene rings is 1. The van der Waals surface area contributed by atoms with Crippen molar-refractivity contribution in [2.24, 2.45) is 0 Å². The van der Waals surface area contributed by atoms with E-state index < -0.39 is 6.29 Å². The molecule has 0 aliphatic carbocycles. The SMILES string of the molecule is COCCNCC(=O)Nc1nc2cc3c(cc2s1)OC(F)(F)O3.Cl. The van der Waals surface area contributed by atoms with Crippen LogP contribution >= 0.6 is 23.7 Å². The zero-order valence-electron chi connectivity index (χ0n) is 12.4. The third-order valence-electron chi connectivity index (χ3n) is 2.93. The van der Waals surface area contributed by atoms with Crippen molar-refractivity contribution in [2.75, 3.05) is 32.1 Å². The summed E-state index contributed by atoms with van der Waals surface area (Å²) < 4.78 is 40.2. The van der Waals surface area contributed by atoms with Crippen LogP contribution in [0.15, 0.2) is 12.1 Å². The Morgan fingerprint density at radius 2 is 2.08 bits per heavy atom. The summed E-state index contributed by atoms with van der Waals surface area (Å²) in [6, 6.07) is 2.77. The Morgan fingerprint density at radius 3 is 2.79 bits per heavy atom. The number of carbonyl (C=O) groups is 1. The second-order valence-corrected chi connectivity index (χ2v) is 5.70. The van der Waals surface area contributed by atoms with Gasteiger partial charge in [-0.15, -0.1) is 21.2 Å². The molecule has 0 bridgehead atoms. The molecule has 2 heterocycles. The average molecular weight is 382 g/mol. The Hall–Kier alpha value is -1.75. The fourth-order valence-electron chi connectivity index (χ4n) is 1.97. The molecule has 24 heavy (non-hydrogen) atoms. The van der Waals surface area contributed by atoms with Gasteiger partial charge in [0.25, 0.3) is 0 Å². The number of hydrogen-bond donors (Lipinski definition) is 2. The van der Waals surface area contributed by atoms with Gasteiger partial charge in [-0.1, -0.05) is 11.3 Å². The normalized spacial score (nSPS) is 14.5. The summed E-state index contributed by atoms with van der Waals surface area (Å²) in [4.78, 5) is 15.9. The fourth-order valence-corrected chi connectivity index (χ4v) is 2.86. The highest BCUT2D eigenvalue weighted by atomic mass is 35.5. The Balaban J connectivity index is 0.00000208. The van der Waals surface area contributed by atoms with Crippen LogP contribution in [0.1, 0.15) is 0 Å². The first-order chi connectivity index (χ1) is 11.0. The van der Waals surface area contributed by atoms with E-state index in [0.717, 1.165) is 11.3 Å². The molecular formula is C13H14ClF2N3O4S. The van der Waals surface area contributed by atoms with E-state index in [1.807, 2.05) is 0 Å². The summed E-state index contributed by atoms with van der Waals surface area (Å²) in [7, 11) is 1.57. The van der Waals surface area contributed by atoms with Crippen molar-refractivity contribution >= 4 is 45.0 Å². The number of hydrogen-bond acceptors (Lipinski definition) is 7. The monoisotopic (exact) mass is 381 g/mol. The second kappa shape index (κ2) is 7.43. The summed E-state index contributed by atoms with van der Waals surface area (Å²) in [5, 5.41) is 5.91. The molecule has 3 rings (SSSR count). The van der Waals surface area contributed by atoms with Gasteiger partial charge in [0.15, 0.2) is 16.6 Å². The number of thiazole rings is 1. The molecule has 2 aromatic rings. The summed E-state index contributed by atoms with van der Waals surface area (Å²) in [5.41, 5.74) is 0.442. The number of aromatic nitrogens is 1. The van der Waals surface area contributed by atoms with Gasteiger partial charge >= 0.3 is 6.29 Å². The van der Waals surface area contributed by atoms with Gasteiger partial charge in [0.2, 0.25) is 5.91 Å². The quantitative estimate of drug-likeness (QED) is 0.747. The molecule has 1 aliphatic heterocycles. The molecule has 0 fully saturated rings. The first kappa shape index (κ1) is 18.6. The van der Waals surface area contributed by atoms with Crippen molar-refractivity contribution in [3.05, 3.63) is 12.1 Å². The molecule has 2 N–H and O–H groups in total. The van der Waals surface area contributed by atoms with E-state index >= 15 is 0 Å². The van der Waals surface area contributed by atoms with Crippen LogP contribution < -0.4 is 20.1 Å². The van der Waals surface area contributed by atoms with E-state index in [1.54, 1.807) is 7.11 Å². The average Bonchev–Trinajstić information content (AvgIpc) is 2.97. The van der Waals surface area contributed by atoms with E-state index in [1.165, 1.54) is 12.1 Å². The van der Waals surface area contributed by atoms with Gasteiger partial charge in [0.1, 0.15) is 0 Å². The minimum absolute atomic E-state index is 0. The van der Waals surface area contributed by atoms with Gasteiger partial charge < -0.3 is 24.8 Å². The van der Waals surface area contributed by atoms with Crippen molar-refractivity contribution in [1.82, 2.24) is 10.3 Å². The summed E-state index contributed by atoms with van der Waals surface area (Å²) in [6.45, 7) is 1.18. The summed E-state index contributed by atoms with van der Waals surface area (Å²) in [5.74, 6) is -0.385. The molecule has 1 aliphatic rings. The number of rotatable bonds is 6. The predicted octanol–water partition coefficient (Wildman–Crippen LogP) is 2.21. The molecule has 11 heteroatoms. The number of carbonyl (C=O) groups excluding carboxylic acids is 1. The lowest BCUT2D eigenvalue weighted by Crippen LogP contribution is -2.30. The zero-order valence-corrected chi connectivity index (χ0v) is 14.1. The zero-order chi connectivity index (χ0) is 16.4. The summed E-state index contributed by atoms with van der Waals surface area (Å²) >= 11 is 1.16. The van der Waals surface area contributed by atoms with Crippen molar-refractivity contribution in [3.63, 3.8) is 0 Å². The number of halogens is 3. The maximum atomic E-state index is 13.0. The molecule has 0 unspecified atom stereocenters. The van der Waals surface area contributed by atoms with Crippen LogP contribution in [-0.4, -0.2) is 44.0 Å². The molecule has 0 spiro atoms. The molecule has 7 nitrogen and oxygen atoms in total. The lowest BCUT2D eigenvalue weighted by atomic mass is 10.3. The molecule has 0 saturated heterocycles. The topological polar surface area (TPSA) is 81.7 Å². The highest BCUT2D eigenvalue weighted by Crippen LogP contribution is 2.44. The van der Waals surface area contributed by atoms with E-state index in [-0.39, 0.29) is 36.4 Å². The maximum Gasteiger partial charge on any atom is 0.586 e. The minimum Gasteiger partial charge on any atom is -0.395 e. The van der Waals surface area contributed by atoms with Gasteiger partial charge in [-0.2, -0.15) is 0 Å². The van der Waals surface area contributed by atoms with E-state index in [9.17, 15) is 13.6 Å². The van der Waals surface area contributed by atoms with Crippen molar-refractivity contribution in [2.45, 2.75) is 6.29 Å². The lowest BCUT2D eigenvalue weighted by molar-refractivity contribution is -0.286. The molecule has 0 atom stereocenters. The number of amides is 1. The van der Waals surface area contributed by atoms with Gasteiger partial charge in [-0.3, -0.25) is 4.79 Å². The van der Waals surface area contributed by atoms with Crippen LogP contribution in [0.3, 0.4) is 0 Å². The van der Waals surface area contributed by atoms with E-state index in [0.29, 0.717) is 28.5 Å². The number of nitrogens with one attached hydrogen (secondary N) is 2. The van der Waals surface area contributed by atoms with E-state index in [2.05, 4.69) is 25.1 Å². The molecule has 0 saturated carbocycles. The van der Waals surface area contributed by atoms with Crippen LogP contribution in [0.2, 0.25) is 0 Å². The van der Waals surface area contributed by atoms with Gasteiger partial charge in [0, 0.05) is 25.8 Å². The van der Waals surface area contributed by atoms with Crippen LogP contribution in [0.5, 0.6) is 11.5 Å². The molecule has 1 aromatic carbocycles. The van der Waals surface area contributed by atoms with Crippen LogP contribution in [-0.2, 0) is 9.53 Å². The van der Waals surface area contributed by atoms with Crippen molar-refractivity contribution in [3.8, 4) is 11.5 Å². The first-order valence-corrected chi connectivity index (χ1v) is 7.48. The standard InChI is InChI=1S/C13H13F2N3O4S.ClH/c1-20-3-2-16-6-11(19)18-12-17-7-4-8-9(5-10(7)23-12)22-13(14,15)21-8;/h4-5,16H,2-3,6H2,1H3,(H,17,18,19);1H. The number of alkyl halides is 2. The minimum atomic E-state index is -3.66. The molecule has 1 amide bonds. The molecule has 1 aromatic heterocycles. The van der Waals surface area contributed by atoms with Crippen LogP contribution in [0, 0.1) is 0 Å². The third-order valence-corrected chi connectivity index (χ3v) is 3.86. The van der Waals surface area contributed by atoms with Gasteiger partial charge in [0.05, 0.1) is 23.4 Å². The van der Waals surface area contributed by atoms with Gasteiger partial charge in [-0.25, -0.2) is 4.98 Å². The Kier molecular flexibility index (Phi) is 5.75. The summed E-state index contributed by atoms with van der Waals surface area (Å²) in [6.07, 6.45) is -3.66. The number of fused-ring (bicyclic) bond motifs is 2. The Morgan fingerprint density at radius 1 is 1.38 bits per heavy atom. The number of nitrogens with zero attached hydrogens (tertiary/aromatic N) is 1. The third kappa shape index (κ3) is 4.20. The van der Waals surface area contributed by atoms with Crippen LogP contribution in [0.25, 0.3) is 10.2 Å². The number of methoxy groups -OCH3 is 1. The number of anilines is 1. The smallest absolute Gasteiger partial charge is 0.395 e. The Labute approximate surface area is 145 Å². The molecule has 0 radical (unpaired) electrons. The largest absolute Gasteiger partial charge is 0.586 e. The highest BCUT2D eigenvalue weighted by molar-refractivity contribution is 7.22. The predicted molar refractivity (Wildman–Crippen MR) is 86.4 cm³/mol. The molecular weight excluding hydrogens is 368 g/mol. The maximum absolute atomic E-state index is 13.0. The van der Waals surface area contributed by atoms with Crippen LogP contribution in [0.4, 0.5) is 13.9 Å². The van der Waals surface area contributed by atoms with Crippen molar-refractivity contribution < 1.29 is 27.8 Å². The van der Waals surface area contributed by atoms with E-state index in [4.69, 9.17) is 4.74 Å². The van der Waals surface area contributed by atoms with Gasteiger partial charge in [-0.05, 0) is 0 Å². The Bertz CT molecular complexity index is 698. The number of ether oxygens (including phenoxy) is 3. The fraction of sp³-hybridized carbons (Fsp3) is 0.385. The lowest BCUT2D eigenvalue weighted by Gasteiger charge is -2.04. The second-order valence-electron chi connectivity index (χ2n) is 4.67.